The number of benzene rings is 6. The molecule has 0 bridgehead atoms. The fraction of sp³-hybridized carbons (Fsp3) is 0. The van der Waals surface area contributed by atoms with E-state index in [2.05, 4.69) is 0 Å². The fourth-order valence-electron chi connectivity index (χ4n) is 5.08. The third kappa shape index (κ3) is 1.72. The zero-order valence-corrected chi connectivity index (χ0v) is 16.3. The summed E-state index contributed by atoms with van der Waals surface area (Å²) in [4.78, 5) is 27.8. The van der Waals surface area contributed by atoms with E-state index in [9.17, 15) is 14.7 Å². The van der Waals surface area contributed by atoms with Gasteiger partial charge < -0.3 is 5.11 Å². The van der Waals surface area contributed by atoms with E-state index in [0.29, 0.717) is 37.9 Å². The molecule has 2 aliphatic rings. The van der Waals surface area contributed by atoms with Crippen molar-refractivity contribution >= 4 is 54.4 Å². The van der Waals surface area contributed by atoms with Crippen molar-refractivity contribution in [3.8, 4) is 27.3 Å². The van der Waals surface area contributed by atoms with Crippen LogP contribution < -0.4 is 10.9 Å². The smallest absolute Gasteiger partial charge is 0.194 e. The van der Waals surface area contributed by atoms with Crippen molar-refractivity contribution in [2.45, 2.75) is 0 Å². The first-order valence-corrected chi connectivity index (χ1v) is 10.5. The molecule has 140 valence electrons. The first-order chi connectivity index (χ1) is 14.6. The van der Waals surface area contributed by atoms with Crippen LogP contribution in [0.4, 0.5) is 0 Å². The molecule has 0 unspecified atom stereocenters. The highest BCUT2D eigenvalue weighted by Crippen LogP contribution is 2.50. The van der Waals surface area contributed by atoms with Crippen LogP contribution in [0, 0.1) is 0 Å². The molecule has 7 rings (SSSR count). The molecule has 5 aromatic rings. The van der Waals surface area contributed by atoms with E-state index in [1.54, 1.807) is 41.7 Å². The molecule has 0 saturated heterocycles. The predicted octanol–water partition coefficient (Wildman–Crippen LogP) is 5.87. The lowest BCUT2D eigenvalue weighted by Gasteiger charge is -2.22. The fourth-order valence-corrected chi connectivity index (χ4v) is 5.80. The van der Waals surface area contributed by atoms with Crippen LogP contribution in [0.25, 0.3) is 64.7 Å². The minimum atomic E-state index is -0.103. The van der Waals surface area contributed by atoms with Crippen LogP contribution in [0.3, 0.4) is 0 Å². The Labute approximate surface area is 173 Å². The maximum atomic E-state index is 13.6. The van der Waals surface area contributed by atoms with Gasteiger partial charge in [0.25, 0.3) is 0 Å². The van der Waals surface area contributed by atoms with Gasteiger partial charge in [0.15, 0.2) is 10.9 Å². The lowest BCUT2D eigenvalue weighted by molar-refractivity contribution is 0.488. The first-order valence-electron chi connectivity index (χ1n) is 9.67. The summed E-state index contributed by atoms with van der Waals surface area (Å²) in [5.74, 6) is 0.119. The summed E-state index contributed by atoms with van der Waals surface area (Å²) in [6, 6.07) is 18.7. The van der Waals surface area contributed by atoms with E-state index < -0.39 is 0 Å². The average Bonchev–Trinajstić information content (AvgIpc) is 3.32. The van der Waals surface area contributed by atoms with Gasteiger partial charge in [0, 0.05) is 59.1 Å². The summed E-state index contributed by atoms with van der Waals surface area (Å²) >= 11 is 1.60. The van der Waals surface area contributed by atoms with Gasteiger partial charge in [-0.05, 0) is 29.1 Å². The molecule has 4 heteroatoms. The topological polar surface area (TPSA) is 54.4 Å². The average molecular weight is 404 g/mol. The largest absolute Gasteiger partial charge is 0.507 e. The molecule has 0 spiro atoms. The Morgan fingerprint density at radius 2 is 1.27 bits per heavy atom. The van der Waals surface area contributed by atoms with Crippen molar-refractivity contribution in [1.29, 1.82) is 0 Å². The number of hydrogen-bond acceptors (Lipinski definition) is 4. The van der Waals surface area contributed by atoms with E-state index in [4.69, 9.17) is 0 Å². The van der Waals surface area contributed by atoms with Crippen LogP contribution in [-0.4, -0.2) is 5.11 Å². The van der Waals surface area contributed by atoms with Crippen molar-refractivity contribution < 1.29 is 5.11 Å². The van der Waals surface area contributed by atoms with Crippen LogP contribution in [0.1, 0.15) is 0 Å². The second-order valence-corrected chi connectivity index (χ2v) is 8.71. The summed E-state index contributed by atoms with van der Waals surface area (Å²) in [5, 5.41) is 18.3. The third-order valence-corrected chi connectivity index (χ3v) is 7.23. The van der Waals surface area contributed by atoms with Crippen LogP contribution in [-0.2, 0) is 0 Å². The van der Waals surface area contributed by atoms with Crippen molar-refractivity contribution in [1.82, 2.24) is 0 Å². The SMILES string of the molecule is O=c1c2cccc3c2-c2c4c(cccc14)c(O)c1cc(-c4cccs4)cc(c3=O)c21. The highest BCUT2D eigenvalue weighted by Gasteiger charge is 2.28. The number of phenols is 1. The summed E-state index contributed by atoms with van der Waals surface area (Å²) in [7, 11) is 0. The molecular weight excluding hydrogens is 392 g/mol. The van der Waals surface area contributed by atoms with Gasteiger partial charge in [-0.15, -0.1) is 11.3 Å². The molecule has 2 aliphatic carbocycles. The molecule has 0 fully saturated rings. The normalized spacial score (nSPS) is 12.4. The van der Waals surface area contributed by atoms with E-state index in [0.717, 1.165) is 26.8 Å². The molecule has 1 N–H and O–H groups in total. The Kier molecular flexibility index (Phi) is 2.80. The summed E-state index contributed by atoms with van der Waals surface area (Å²) in [6.07, 6.45) is 0. The quantitative estimate of drug-likeness (QED) is 0.275. The van der Waals surface area contributed by atoms with Crippen LogP contribution >= 0.6 is 11.3 Å². The number of rotatable bonds is 1. The molecular formula is C26H12O3S. The van der Waals surface area contributed by atoms with E-state index >= 15 is 0 Å². The van der Waals surface area contributed by atoms with Crippen molar-refractivity contribution in [2.24, 2.45) is 0 Å². The maximum absolute atomic E-state index is 13.6. The Balaban J connectivity index is 1.92. The van der Waals surface area contributed by atoms with Gasteiger partial charge in [-0.3, -0.25) is 9.59 Å². The highest BCUT2D eigenvalue weighted by atomic mass is 32.1. The molecule has 1 heterocycles. The number of phenolic OH excluding ortho intramolecular Hbond substituents is 1. The molecule has 1 aromatic heterocycles. The maximum Gasteiger partial charge on any atom is 0.194 e. The monoisotopic (exact) mass is 404 g/mol. The Morgan fingerprint density at radius 3 is 2.00 bits per heavy atom. The first kappa shape index (κ1) is 16.1. The van der Waals surface area contributed by atoms with Gasteiger partial charge in [-0.2, -0.15) is 0 Å². The van der Waals surface area contributed by atoms with Gasteiger partial charge in [0.1, 0.15) is 5.75 Å². The van der Waals surface area contributed by atoms with Crippen molar-refractivity contribution in [2.75, 3.05) is 0 Å². The molecule has 0 aliphatic heterocycles. The highest BCUT2D eigenvalue weighted by molar-refractivity contribution is 7.13. The lowest BCUT2D eigenvalue weighted by Crippen LogP contribution is -2.13. The van der Waals surface area contributed by atoms with E-state index in [1.807, 2.05) is 35.7 Å². The van der Waals surface area contributed by atoms with Gasteiger partial charge in [-0.25, -0.2) is 0 Å². The number of hydrogen-bond donors (Lipinski definition) is 1. The minimum Gasteiger partial charge on any atom is -0.507 e. The zero-order valence-electron chi connectivity index (χ0n) is 15.5. The third-order valence-electron chi connectivity index (χ3n) is 6.31. The second kappa shape index (κ2) is 5.23. The van der Waals surface area contributed by atoms with Crippen LogP contribution in [0.15, 0.2) is 75.6 Å². The standard InChI is InChI=1S/C26H12O3S/c27-24-13-4-1-6-15-20(13)23-21-14(24)5-2-7-16(21)26(29)18-11-12(19-8-3-9-30-19)10-17(22(18)23)25(15)28/h1-11,28H. The summed E-state index contributed by atoms with van der Waals surface area (Å²) in [6.45, 7) is 0. The molecule has 0 radical (unpaired) electrons. The van der Waals surface area contributed by atoms with Gasteiger partial charge >= 0.3 is 0 Å². The van der Waals surface area contributed by atoms with Gasteiger partial charge in [0.2, 0.25) is 0 Å². The van der Waals surface area contributed by atoms with E-state index in [-0.39, 0.29) is 16.6 Å². The van der Waals surface area contributed by atoms with Crippen LogP contribution in [0.5, 0.6) is 5.75 Å². The summed E-state index contributed by atoms with van der Waals surface area (Å²) < 4.78 is 0. The van der Waals surface area contributed by atoms with Gasteiger partial charge in [0.05, 0.1) is 0 Å². The minimum absolute atomic E-state index is 0.102. The van der Waals surface area contributed by atoms with Crippen molar-refractivity contribution in [3.63, 3.8) is 0 Å². The lowest BCUT2D eigenvalue weighted by atomic mass is 9.80. The summed E-state index contributed by atoms with van der Waals surface area (Å²) in [5.41, 5.74) is 2.30. The zero-order chi connectivity index (χ0) is 20.1. The molecule has 0 atom stereocenters. The number of aromatic hydroxyl groups is 1. The Bertz CT molecular complexity index is 1830. The molecule has 4 aromatic carbocycles. The predicted molar refractivity (Wildman–Crippen MR) is 124 cm³/mol. The molecule has 0 saturated carbocycles. The Hall–Kier alpha value is -3.76. The number of thiophene rings is 1. The Morgan fingerprint density at radius 1 is 0.633 bits per heavy atom. The van der Waals surface area contributed by atoms with Crippen molar-refractivity contribution in [3.05, 3.63) is 86.5 Å². The molecule has 30 heavy (non-hydrogen) atoms. The molecule has 3 nitrogen and oxygen atoms in total. The second-order valence-electron chi connectivity index (χ2n) is 7.76. The van der Waals surface area contributed by atoms with Gasteiger partial charge in [-0.1, -0.05) is 42.5 Å². The molecule has 0 amide bonds. The van der Waals surface area contributed by atoms with E-state index in [1.165, 1.54) is 0 Å². The van der Waals surface area contributed by atoms with Crippen LogP contribution in [0.2, 0.25) is 0 Å².